The molecule has 4 rings (SSSR count). The molecule has 0 spiro atoms. The molecule has 2 aliphatic heterocycles. The van der Waals surface area contributed by atoms with E-state index in [1.807, 2.05) is 0 Å². The maximum absolute atomic E-state index is 2.46. The summed E-state index contributed by atoms with van der Waals surface area (Å²) in [5.41, 5.74) is 7.70. The van der Waals surface area contributed by atoms with E-state index in [2.05, 4.69) is 73.5 Å². The van der Waals surface area contributed by atoms with Crippen molar-refractivity contribution < 1.29 is 0 Å². The van der Waals surface area contributed by atoms with Gasteiger partial charge in [0.05, 0.1) is 6.54 Å². The van der Waals surface area contributed by atoms with Crippen LogP contribution in [-0.2, 0) is 6.54 Å². The lowest BCUT2D eigenvalue weighted by Crippen LogP contribution is -2.48. The van der Waals surface area contributed by atoms with Crippen LogP contribution in [0.3, 0.4) is 0 Å². The van der Waals surface area contributed by atoms with E-state index in [0.717, 1.165) is 17.6 Å². The lowest BCUT2D eigenvalue weighted by atomic mass is 10.0. The van der Waals surface area contributed by atoms with Crippen molar-refractivity contribution in [2.75, 3.05) is 26.7 Å². The monoisotopic (exact) mass is 319 g/mol. The molecule has 2 aromatic rings. The Kier molecular flexibility index (Phi) is 4.03. The first-order valence-corrected chi connectivity index (χ1v) is 9.17. The van der Waals surface area contributed by atoms with Gasteiger partial charge in [-0.2, -0.15) is 0 Å². The fourth-order valence-corrected chi connectivity index (χ4v) is 4.64. The Morgan fingerprint density at radius 1 is 1.00 bits per heavy atom. The molecule has 2 heteroatoms. The van der Waals surface area contributed by atoms with Crippen LogP contribution in [0.15, 0.2) is 60.3 Å². The fraction of sp³-hybridized carbons (Fsp3) is 0.364. The highest BCUT2D eigenvalue weighted by molar-refractivity contribution is 5.86. The van der Waals surface area contributed by atoms with Crippen molar-refractivity contribution in [2.24, 2.45) is 0 Å². The maximum atomic E-state index is 2.46. The molecule has 0 bridgehead atoms. The van der Waals surface area contributed by atoms with E-state index in [0.29, 0.717) is 0 Å². The van der Waals surface area contributed by atoms with Crippen molar-refractivity contribution in [3.05, 3.63) is 71.4 Å². The van der Waals surface area contributed by atoms with Crippen LogP contribution in [0.5, 0.6) is 0 Å². The zero-order chi connectivity index (χ0) is 16.6. The Balaban J connectivity index is 1.88. The standard InChI is InChI=1S/C22H27N2/c1-3-15-24(17-18-9-5-4-6-10-18)21-12-8-7-11-19(21)20-16-23(2)14-13-22(20)24/h4-12H,3,13-17H2,1-2H3/q+1/t24-/m0/s1. The fourth-order valence-electron chi connectivity index (χ4n) is 4.64. The maximum Gasteiger partial charge on any atom is 0.145 e. The summed E-state index contributed by atoms with van der Waals surface area (Å²) in [5, 5.41) is 0. The Hall–Kier alpha value is -1.90. The number of hydrogen-bond donors (Lipinski definition) is 0. The third kappa shape index (κ3) is 2.42. The number of para-hydroxylation sites is 1. The van der Waals surface area contributed by atoms with Crippen molar-refractivity contribution in [1.82, 2.24) is 9.38 Å². The van der Waals surface area contributed by atoms with Gasteiger partial charge in [-0.15, -0.1) is 0 Å². The highest BCUT2D eigenvalue weighted by atomic mass is 15.4. The first-order valence-electron chi connectivity index (χ1n) is 9.17. The van der Waals surface area contributed by atoms with E-state index in [1.54, 1.807) is 11.3 Å². The van der Waals surface area contributed by atoms with Gasteiger partial charge in [0.15, 0.2) is 0 Å². The molecule has 0 aliphatic carbocycles. The third-order valence-electron chi connectivity index (χ3n) is 5.61. The average molecular weight is 319 g/mol. The van der Waals surface area contributed by atoms with Gasteiger partial charge in [-0.25, -0.2) is 0 Å². The van der Waals surface area contributed by atoms with Crippen LogP contribution in [0.2, 0.25) is 0 Å². The van der Waals surface area contributed by atoms with E-state index < -0.39 is 0 Å². The lowest BCUT2D eigenvalue weighted by molar-refractivity contribution is 0.291. The number of fused-ring (bicyclic) bond motifs is 2. The second-order valence-electron chi connectivity index (χ2n) is 7.27. The number of nitrogens with zero attached hydrogens (tertiary/aromatic N) is 2. The smallest absolute Gasteiger partial charge is 0.145 e. The number of quaternary nitrogens is 1. The van der Waals surface area contributed by atoms with Crippen LogP contribution in [0.4, 0.5) is 5.69 Å². The van der Waals surface area contributed by atoms with E-state index in [4.69, 9.17) is 0 Å². The van der Waals surface area contributed by atoms with Crippen LogP contribution in [0, 0.1) is 0 Å². The van der Waals surface area contributed by atoms with Crippen LogP contribution in [-0.4, -0.2) is 31.6 Å². The van der Waals surface area contributed by atoms with Gasteiger partial charge in [0.1, 0.15) is 17.9 Å². The summed E-state index contributed by atoms with van der Waals surface area (Å²) in [6, 6.07) is 20.1. The molecule has 2 nitrogen and oxygen atoms in total. The Bertz CT molecular complexity index is 763. The minimum Gasteiger partial charge on any atom is -0.301 e. The normalized spacial score (nSPS) is 23.2. The molecule has 0 saturated carbocycles. The highest BCUT2D eigenvalue weighted by Crippen LogP contribution is 2.49. The molecule has 0 N–H and O–H groups in total. The summed E-state index contributed by atoms with van der Waals surface area (Å²) in [6.07, 6.45) is 2.39. The predicted molar refractivity (Wildman–Crippen MR) is 103 cm³/mol. The molecule has 1 atom stereocenters. The predicted octanol–water partition coefficient (Wildman–Crippen LogP) is 4.66. The molecule has 24 heavy (non-hydrogen) atoms. The van der Waals surface area contributed by atoms with Crippen molar-refractivity contribution in [3.8, 4) is 0 Å². The second-order valence-corrected chi connectivity index (χ2v) is 7.27. The topological polar surface area (TPSA) is 3.24 Å². The molecule has 124 valence electrons. The first kappa shape index (κ1) is 15.6. The summed E-state index contributed by atoms with van der Waals surface area (Å²) >= 11 is 0. The van der Waals surface area contributed by atoms with E-state index in [-0.39, 0.29) is 0 Å². The van der Waals surface area contributed by atoms with E-state index >= 15 is 0 Å². The van der Waals surface area contributed by atoms with Gasteiger partial charge >= 0.3 is 0 Å². The molecule has 0 unspecified atom stereocenters. The van der Waals surface area contributed by atoms with Crippen molar-refractivity contribution in [2.45, 2.75) is 26.3 Å². The Morgan fingerprint density at radius 2 is 1.75 bits per heavy atom. The van der Waals surface area contributed by atoms with Gasteiger partial charge in [0.2, 0.25) is 0 Å². The van der Waals surface area contributed by atoms with Crippen molar-refractivity contribution in [3.63, 3.8) is 0 Å². The van der Waals surface area contributed by atoms with Crippen molar-refractivity contribution in [1.29, 1.82) is 0 Å². The first-order chi connectivity index (χ1) is 11.7. The summed E-state index contributed by atoms with van der Waals surface area (Å²) < 4.78 is 1.04. The molecule has 0 fully saturated rings. The van der Waals surface area contributed by atoms with Gasteiger partial charge < -0.3 is 4.90 Å². The highest BCUT2D eigenvalue weighted by Gasteiger charge is 2.46. The molecule has 0 saturated heterocycles. The molecular formula is C22H27N2+. The van der Waals surface area contributed by atoms with Gasteiger partial charge in [0, 0.05) is 42.3 Å². The number of hydrogen-bond acceptors (Lipinski definition) is 1. The van der Waals surface area contributed by atoms with Gasteiger partial charge in [0.25, 0.3) is 0 Å². The zero-order valence-electron chi connectivity index (χ0n) is 14.8. The van der Waals surface area contributed by atoms with Gasteiger partial charge in [-0.3, -0.25) is 4.48 Å². The molecule has 0 radical (unpaired) electrons. The second kappa shape index (κ2) is 6.19. The van der Waals surface area contributed by atoms with Crippen molar-refractivity contribution >= 4 is 11.3 Å². The van der Waals surface area contributed by atoms with Crippen LogP contribution in [0.1, 0.15) is 30.9 Å². The molecular weight excluding hydrogens is 292 g/mol. The minimum atomic E-state index is 1.04. The summed E-state index contributed by atoms with van der Waals surface area (Å²) in [6.45, 7) is 6.85. The zero-order valence-corrected chi connectivity index (χ0v) is 14.8. The summed E-state index contributed by atoms with van der Waals surface area (Å²) in [4.78, 5) is 2.46. The number of rotatable bonds is 4. The number of benzene rings is 2. The van der Waals surface area contributed by atoms with Crippen LogP contribution < -0.4 is 4.48 Å². The van der Waals surface area contributed by atoms with Gasteiger partial charge in [-0.1, -0.05) is 49.4 Å². The van der Waals surface area contributed by atoms with Crippen LogP contribution in [0.25, 0.3) is 5.57 Å². The van der Waals surface area contributed by atoms with Gasteiger partial charge in [-0.05, 0) is 19.5 Å². The molecule has 0 amide bonds. The minimum absolute atomic E-state index is 1.04. The molecule has 2 aliphatic rings. The molecule has 2 aromatic carbocycles. The largest absolute Gasteiger partial charge is 0.301 e. The summed E-state index contributed by atoms with van der Waals surface area (Å²) in [5.74, 6) is 0. The Labute approximate surface area is 145 Å². The van der Waals surface area contributed by atoms with E-state index in [9.17, 15) is 0 Å². The molecule has 0 aromatic heterocycles. The Morgan fingerprint density at radius 3 is 2.54 bits per heavy atom. The lowest BCUT2D eigenvalue weighted by Gasteiger charge is -2.38. The number of likely N-dealkylation sites (N-methyl/N-ethyl adjacent to an activating group) is 1. The SMILES string of the molecule is CCC[N@@+]1(Cc2ccccc2)C2=C(CN(C)CC2)c2ccccc21. The van der Waals surface area contributed by atoms with Crippen LogP contribution >= 0.6 is 0 Å². The quantitative estimate of drug-likeness (QED) is 0.741. The third-order valence-corrected chi connectivity index (χ3v) is 5.61. The van der Waals surface area contributed by atoms with E-state index in [1.165, 1.54) is 42.7 Å². The average Bonchev–Trinajstić information content (AvgIpc) is 2.86. The molecule has 2 heterocycles. The summed E-state index contributed by atoms with van der Waals surface area (Å²) in [7, 11) is 2.25.